The summed E-state index contributed by atoms with van der Waals surface area (Å²) in [6.45, 7) is 0. The van der Waals surface area contributed by atoms with E-state index in [1.807, 2.05) is 42.5 Å². The Labute approximate surface area is 124 Å². The SMILES string of the molecule is COC1=CC(=O)CC(C/C=C/c2ccccc2)(OC)C1=O. The van der Waals surface area contributed by atoms with Gasteiger partial charge in [-0.2, -0.15) is 0 Å². The zero-order valence-electron chi connectivity index (χ0n) is 12.2. The Morgan fingerprint density at radius 2 is 1.90 bits per heavy atom. The van der Waals surface area contributed by atoms with Gasteiger partial charge < -0.3 is 9.47 Å². The van der Waals surface area contributed by atoms with E-state index in [0.29, 0.717) is 6.42 Å². The minimum Gasteiger partial charge on any atom is -0.493 e. The van der Waals surface area contributed by atoms with Gasteiger partial charge in [0.25, 0.3) is 0 Å². The molecule has 0 aliphatic heterocycles. The van der Waals surface area contributed by atoms with Gasteiger partial charge in [0.1, 0.15) is 5.60 Å². The highest BCUT2D eigenvalue weighted by Crippen LogP contribution is 2.30. The van der Waals surface area contributed by atoms with Crippen LogP contribution in [-0.2, 0) is 19.1 Å². The fourth-order valence-corrected chi connectivity index (χ4v) is 2.36. The molecule has 1 aromatic rings. The summed E-state index contributed by atoms with van der Waals surface area (Å²) in [7, 11) is 2.82. The second kappa shape index (κ2) is 6.50. The zero-order chi connectivity index (χ0) is 15.3. The van der Waals surface area contributed by atoms with Crippen LogP contribution in [0.2, 0.25) is 0 Å². The topological polar surface area (TPSA) is 52.6 Å². The summed E-state index contributed by atoms with van der Waals surface area (Å²) in [5.74, 6) is -0.396. The standard InChI is InChI=1S/C17H18O4/c1-20-15-11-14(18)12-17(21-2,16(15)19)10-6-9-13-7-4-3-5-8-13/h3-9,11H,10,12H2,1-2H3/b9-6+. The van der Waals surface area contributed by atoms with E-state index in [2.05, 4.69) is 0 Å². The van der Waals surface area contributed by atoms with E-state index in [1.165, 1.54) is 20.3 Å². The quantitative estimate of drug-likeness (QED) is 0.834. The molecule has 1 unspecified atom stereocenters. The van der Waals surface area contributed by atoms with Crippen molar-refractivity contribution in [2.45, 2.75) is 18.4 Å². The van der Waals surface area contributed by atoms with Crippen LogP contribution in [0.4, 0.5) is 0 Å². The maximum Gasteiger partial charge on any atom is 0.229 e. The highest BCUT2D eigenvalue weighted by atomic mass is 16.5. The van der Waals surface area contributed by atoms with E-state index in [9.17, 15) is 9.59 Å². The predicted octanol–water partition coefficient (Wildman–Crippen LogP) is 2.55. The maximum absolute atomic E-state index is 12.4. The molecule has 4 heteroatoms. The Morgan fingerprint density at radius 3 is 2.52 bits per heavy atom. The van der Waals surface area contributed by atoms with Gasteiger partial charge >= 0.3 is 0 Å². The molecular weight excluding hydrogens is 268 g/mol. The van der Waals surface area contributed by atoms with Crippen molar-refractivity contribution >= 4 is 17.6 Å². The first-order chi connectivity index (χ1) is 10.1. The summed E-state index contributed by atoms with van der Waals surface area (Å²) in [6, 6.07) is 9.74. The summed E-state index contributed by atoms with van der Waals surface area (Å²) >= 11 is 0. The highest BCUT2D eigenvalue weighted by Gasteiger charge is 2.44. The molecule has 0 saturated carbocycles. The minimum absolute atomic E-state index is 0.0360. The summed E-state index contributed by atoms with van der Waals surface area (Å²) in [5.41, 5.74) is -0.136. The average molecular weight is 286 g/mol. The van der Waals surface area contributed by atoms with Crippen molar-refractivity contribution < 1.29 is 19.1 Å². The van der Waals surface area contributed by atoms with Crippen LogP contribution in [0.3, 0.4) is 0 Å². The van der Waals surface area contributed by atoms with E-state index in [0.717, 1.165) is 5.56 Å². The number of benzene rings is 1. The lowest BCUT2D eigenvalue weighted by Gasteiger charge is -2.32. The van der Waals surface area contributed by atoms with Crippen molar-refractivity contribution in [1.82, 2.24) is 0 Å². The van der Waals surface area contributed by atoms with E-state index in [1.54, 1.807) is 0 Å². The number of Topliss-reactive ketones (excluding diaryl/α,β-unsaturated/α-hetero) is 1. The predicted molar refractivity (Wildman–Crippen MR) is 79.6 cm³/mol. The summed E-state index contributed by atoms with van der Waals surface area (Å²) in [5, 5.41) is 0. The van der Waals surface area contributed by atoms with Gasteiger partial charge in [0.15, 0.2) is 11.5 Å². The van der Waals surface area contributed by atoms with Crippen LogP contribution in [0.1, 0.15) is 18.4 Å². The van der Waals surface area contributed by atoms with Gasteiger partial charge in [-0.25, -0.2) is 0 Å². The fraction of sp³-hybridized carbons (Fsp3) is 0.294. The van der Waals surface area contributed by atoms with E-state index in [-0.39, 0.29) is 23.7 Å². The van der Waals surface area contributed by atoms with Gasteiger partial charge in [-0.15, -0.1) is 0 Å². The second-order valence-corrected chi connectivity index (χ2v) is 4.90. The van der Waals surface area contributed by atoms with Crippen molar-refractivity contribution in [1.29, 1.82) is 0 Å². The van der Waals surface area contributed by atoms with Crippen LogP contribution in [0, 0.1) is 0 Å². The number of hydrogen-bond donors (Lipinski definition) is 0. The van der Waals surface area contributed by atoms with Crippen molar-refractivity contribution in [2.24, 2.45) is 0 Å². The molecule has 0 fully saturated rings. The first kappa shape index (κ1) is 15.2. The number of methoxy groups -OCH3 is 2. The largest absolute Gasteiger partial charge is 0.493 e. The molecule has 0 amide bonds. The molecule has 1 aromatic carbocycles. The van der Waals surface area contributed by atoms with Gasteiger partial charge in [0.05, 0.1) is 7.11 Å². The molecule has 1 atom stereocenters. The average Bonchev–Trinajstić information content (AvgIpc) is 2.51. The molecule has 4 nitrogen and oxygen atoms in total. The minimum atomic E-state index is -1.16. The van der Waals surface area contributed by atoms with Crippen LogP contribution in [0.25, 0.3) is 6.08 Å². The number of allylic oxidation sites excluding steroid dienone is 1. The number of ketones is 2. The van der Waals surface area contributed by atoms with Gasteiger partial charge in [0.2, 0.25) is 5.78 Å². The molecule has 0 bridgehead atoms. The van der Waals surface area contributed by atoms with Crippen molar-refractivity contribution in [3.63, 3.8) is 0 Å². The third kappa shape index (κ3) is 3.28. The Hall–Kier alpha value is -2.20. The summed E-state index contributed by atoms with van der Waals surface area (Å²) < 4.78 is 10.4. The Balaban J connectivity index is 2.19. The van der Waals surface area contributed by atoms with Gasteiger partial charge in [-0.3, -0.25) is 9.59 Å². The van der Waals surface area contributed by atoms with Crippen LogP contribution in [-0.4, -0.2) is 31.4 Å². The van der Waals surface area contributed by atoms with E-state index < -0.39 is 5.60 Å². The first-order valence-electron chi connectivity index (χ1n) is 6.71. The number of ether oxygens (including phenoxy) is 2. The molecule has 0 aromatic heterocycles. The van der Waals surface area contributed by atoms with Crippen molar-refractivity contribution in [3.05, 3.63) is 53.8 Å². The molecule has 1 aliphatic carbocycles. The number of carbonyl (C=O) groups excluding carboxylic acids is 2. The molecule has 0 spiro atoms. The van der Waals surface area contributed by atoms with Crippen molar-refractivity contribution in [2.75, 3.05) is 14.2 Å². The van der Waals surface area contributed by atoms with E-state index >= 15 is 0 Å². The molecule has 0 N–H and O–H groups in total. The molecule has 0 heterocycles. The molecule has 0 saturated heterocycles. The Bertz CT molecular complexity index is 586. The Morgan fingerprint density at radius 1 is 1.19 bits per heavy atom. The molecule has 1 aliphatic rings. The fourth-order valence-electron chi connectivity index (χ4n) is 2.36. The molecule has 2 rings (SSSR count). The normalized spacial score (nSPS) is 22.5. The third-order valence-corrected chi connectivity index (χ3v) is 3.56. The summed E-state index contributed by atoms with van der Waals surface area (Å²) in [4.78, 5) is 24.2. The lowest BCUT2D eigenvalue weighted by molar-refractivity contribution is -0.146. The molecular formula is C17H18O4. The van der Waals surface area contributed by atoms with Gasteiger partial charge in [-0.05, 0) is 5.56 Å². The van der Waals surface area contributed by atoms with Crippen LogP contribution in [0.15, 0.2) is 48.2 Å². The Kier molecular flexibility index (Phi) is 4.70. The lowest BCUT2D eigenvalue weighted by atomic mass is 9.83. The first-order valence-corrected chi connectivity index (χ1v) is 6.71. The van der Waals surface area contributed by atoms with Gasteiger partial charge in [-0.1, -0.05) is 42.5 Å². The number of carbonyl (C=O) groups is 2. The van der Waals surface area contributed by atoms with Crippen molar-refractivity contribution in [3.8, 4) is 0 Å². The molecule has 110 valence electrons. The number of rotatable bonds is 5. The smallest absolute Gasteiger partial charge is 0.229 e. The zero-order valence-corrected chi connectivity index (χ0v) is 12.2. The lowest BCUT2D eigenvalue weighted by Crippen LogP contribution is -2.46. The van der Waals surface area contributed by atoms with Crippen LogP contribution in [0.5, 0.6) is 0 Å². The van der Waals surface area contributed by atoms with Gasteiger partial charge in [0, 0.05) is 26.0 Å². The van der Waals surface area contributed by atoms with Crippen LogP contribution < -0.4 is 0 Å². The second-order valence-electron chi connectivity index (χ2n) is 4.90. The highest BCUT2D eigenvalue weighted by molar-refractivity contribution is 6.12. The summed E-state index contributed by atoms with van der Waals surface area (Å²) in [6.07, 6.45) is 5.35. The number of hydrogen-bond acceptors (Lipinski definition) is 4. The molecule has 21 heavy (non-hydrogen) atoms. The van der Waals surface area contributed by atoms with Crippen LogP contribution >= 0.6 is 0 Å². The monoisotopic (exact) mass is 286 g/mol. The maximum atomic E-state index is 12.4. The third-order valence-electron chi connectivity index (χ3n) is 3.56. The molecule has 0 radical (unpaired) electrons. The van der Waals surface area contributed by atoms with E-state index in [4.69, 9.17) is 9.47 Å².